The lowest BCUT2D eigenvalue weighted by atomic mass is 10.0. The number of hydrogen-bond donors (Lipinski definition) is 2. The normalized spacial score (nSPS) is 12.9. The Morgan fingerprint density at radius 3 is 2.56 bits per heavy atom. The van der Waals surface area contributed by atoms with Gasteiger partial charge in [-0.25, -0.2) is 8.78 Å². The second-order valence-corrected chi connectivity index (χ2v) is 3.56. The Bertz CT molecular complexity index is 343. The zero-order valence-corrected chi connectivity index (χ0v) is 9.12. The molecular weight excluding hydrogens is 214 g/mol. The van der Waals surface area contributed by atoms with Crippen molar-refractivity contribution in [3.8, 4) is 5.75 Å². The zero-order chi connectivity index (χ0) is 12.1. The van der Waals surface area contributed by atoms with E-state index < -0.39 is 13.0 Å². The first-order valence-electron chi connectivity index (χ1n) is 5.04. The summed E-state index contributed by atoms with van der Waals surface area (Å²) < 4.78 is 28.8. The van der Waals surface area contributed by atoms with Crippen LogP contribution >= 0.6 is 0 Å². The fourth-order valence-corrected chi connectivity index (χ4v) is 1.45. The van der Waals surface area contributed by atoms with E-state index in [0.717, 1.165) is 11.1 Å². The van der Waals surface area contributed by atoms with Gasteiger partial charge in [-0.2, -0.15) is 0 Å². The second-order valence-electron chi connectivity index (χ2n) is 3.56. The average molecular weight is 230 g/mol. The predicted octanol–water partition coefficient (Wildman–Crippen LogP) is 1.81. The van der Waals surface area contributed by atoms with Crippen LogP contribution < -0.4 is 16.2 Å². The quantitative estimate of drug-likeness (QED) is 0.811. The Morgan fingerprint density at radius 2 is 2.06 bits per heavy atom. The van der Waals surface area contributed by atoms with Crippen LogP contribution in [0.2, 0.25) is 0 Å². The first-order chi connectivity index (χ1) is 7.54. The highest BCUT2D eigenvalue weighted by Gasteiger charge is 2.08. The molecule has 1 aromatic carbocycles. The highest BCUT2D eigenvalue weighted by atomic mass is 19.3. The summed E-state index contributed by atoms with van der Waals surface area (Å²) in [6, 6.07) is 4.90. The van der Waals surface area contributed by atoms with Gasteiger partial charge in [0.1, 0.15) is 12.4 Å². The fourth-order valence-electron chi connectivity index (χ4n) is 1.45. The molecule has 0 saturated heterocycles. The van der Waals surface area contributed by atoms with Crippen LogP contribution in [0.5, 0.6) is 5.75 Å². The first kappa shape index (κ1) is 12.9. The molecule has 3 nitrogen and oxygen atoms in total. The molecule has 1 unspecified atom stereocenters. The van der Waals surface area contributed by atoms with Crippen LogP contribution in [-0.4, -0.2) is 13.0 Å². The minimum Gasteiger partial charge on any atom is -0.488 e. The summed E-state index contributed by atoms with van der Waals surface area (Å²) in [7, 11) is 0. The molecule has 5 heteroatoms. The van der Waals surface area contributed by atoms with Crippen LogP contribution in [-0.2, 0) is 6.54 Å². The summed E-state index contributed by atoms with van der Waals surface area (Å²) in [6.45, 7) is 1.54. The molecule has 0 bridgehead atoms. The maximum Gasteiger partial charge on any atom is 0.272 e. The van der Waals surface area contributed by atoms with Crippen LogP contribution in [0.25, 0.3) is 0 Å². The monoisotopic (exact) mass is 230 g/mol. The Hall–Kier alpha value is -1.20. The maximum atomic E-state index is 11.9. The molecule has 0 aliphatic rings. The van der Waals surface area contributed by atoms with E-state index >= 15 is 0 Å². The molecule has 1 atom stereocenters. The van der Waals surface area contributed by atoms with Crippen molar-refractivity contribution < 1.29 is 13.5 Å². The summed E-state index contributed by atoms with van der Waals surface area (Å²) in [4.78, 5) is 0. The van der Waals surface area contributed by atoms with Crippen molar-refractivity contribution in [1.82, 2.24) is 0 Å². The van der Waals surface area contributed by atoms with Crippen molar-refractivity contribution in [2.45, 2.75) is 25.9 Å². The molecule has 0 radical (unpaired) electrons. The zero-order valence-electron chi connectivity index (χ0n) is 9.12. The lowest BCUT2D eigenvalue weighted by Gasteiger charge is -2.13. The van der Waals surface area contributed by atoms with Gasteiger partial charge in [-0.15, -0.1) is 0 Å². The summed E-state index contributed by atoms with van der Waals surface area (Å²) in [5.41, 5.74) is 13.0. The summed E-state index contributed by atoms with van der Waals surface area (Å²) in [5.74, 6) is 0.394. The number of halogens is 2. The largest absolute Gasteiger partial charge is 0.488 e. The SMILES string of the molecule is CC(N)c1ccc(OCC(F)F)cc1CN. The molecule has 0 amide bonds. The Morgan fingerprint density at radius 1 is 1.38 bits per heavy atom. The number of nitrogens with two attached hydrogens (primary N) is 2. The van der Waals surface area contributed by atoms with Gasteiger partial charge in [-0.1, -0.05) is 6.07 Å². The van der Waals surface area contributed by atoms with Gasteiger partial charge in [0.05, 0.1) is 0 Å². The van der Waals surface area contributed by atoms with Gasteiger partial charge in [0.2, 0.25) is 0 Å². The average Bonchev–Trinajstić information content (AvgIpc) is 2.25. The smallest absolute Gasteiger partial charge is 0.272 e. The number of benzene rings is 1. The van der Waals surface area contributed by atoms with Crippen molar-refractivity contribution in [3.05, 3.63) is 29.3 Å². The fraction of sp³-hybridized carbons (Fsp3) is 0.455. The number of alkyl halides is 2. The Kier molecular flexibility index (Phi) is 4.64. The molecule has 0 aliphatic heterocycles. The lowest BCUT2D eigenvalue weighted by molar-refractivity contribution is 0.0818. The van der Waals surface area contributed by atoms with E-state index in [1.807, 2.05) is 6.92 Å². The third-order valence-electron chi connectivity index (χ3n) is 2.20. The van der Waals surface area contributed by atoms with Crippen molar-refractivity contribution in [2.75, 3.05) is 6.61 Å². The summed E-state index contributed by atoms with van der Waals surface area (Å²) >= 11 is 0. The van der Waals surface area contributed by atoms with Crippen LogP contribution in [0.1, 0.15) is 24.1 Å². The van der Waals surface area contributed by atoms with E-state index in [9.17, 15) is 8.78 Å². The van der Waals surface area contributed by atoms with Gasteiger partial charge >= 0.3 is 0 Å². The highest BCUT2D eigenvalue weighted by Crippen LogP contribution is 2.22. The third-order valence-corrected chi connectivity index (χ3v) is 2.20. The standard InChI is InChI=1S/C11H16F2N2O/c1-7(15)10-3-2-9(4-8(10)5-14)16-6-11(12)13/h2-4,7,11H,5-6,14-15H2,1H3. The minimum absolute atomic E-state index is 0.136. The van der Waals surface area contributed by atoms with E-state index in [1.165, 1.54) is 0 Å². The molecule has 0 aromatic heterocycles. The number of ether oxygens (including phenoxy) is 1. The van der Waals surface area contributed by atoms with Crippen LogP contribution in [0.3, 0.4) is 0 Å². The van der Waals surface area contributed by atoms with Crippen molar-refractivity contribution in [1.29, 1.82) is 0 Å². The van der Waals surface area contributed by atoms with E-state index in [1.54, 1.807) is 18.2 Å². The third kappa shape index (κ3) is 3.43. The van der Waals surface area contributed by atoms with Crippen LogP contribution in [0, 0.1) is 0 Å². The molecule has 0 saturated carbocycles. The molecule has 1 rings (SSSR count). The molecule has 0 aliphatic carbocycles. The van der Waals surface area contributed by atoms with Crippen molar-refractivity contribution in [3.63, 3.8) is 0 Å². The number of hydrogen-bond acceptors (Lipinski definition) is 3. The van der Waals surface area contributed by atoms with E-state index in [0.29, 0.717) is 12.3 Å². The molecule has 0 spiro atoms. The van der Waals surface area contributed by atoms with Gasteiger partial charge in [0.15, 0.2) is 0 Å². The van der Waals surface area contributed by atoms with Gasteiger partial charge in [0.25, 0.3) is 6.43 Å². The molecule has 1 aromatic rings. The summed E-state index contributed by atoms with van der Waals surface area (Å²) in [5, 5.41) is 0. The molecular formula is C11H16F2N2O. The van der Waals surface area contributed by atoms with Gasteiger partial charge in [0, 0.05) is 12.6 Å². The van der Waals surface area contributed by atoms with Gasteiger partial charge in [-0.3, -0.25) is 0 Å². The number of rotatable bonds is 5. The molecule has 4 N–H and O–H groups in total. The van der Waals surface area contributed by atoms with E-state index in [2.05, 4.69) is 0 Å². The minimum atomic E-state index is -2.48. The Balaban J connectivity index is 2.82. The molecule has 16 heavy (non-hydrogen) atoms. The Labute approximate surface area is 93.4 Å². The van der Waals surface area contributed by atoms with Gasteiger partial charge < -0.3 is 16.2 Å². The maximum absolute atomic E-state index is 11.9. The van der Waals surface area contributed by atoms with E-state index in [4.69, 9.17) is 16.2 Å². The molecule has 90 valence electrons. The van der Waals surface area contributed by atoms with E-state index in [-0.39, 0.29) is 6.04 Å². The van der Waals surface area contributed by atoms with Crippen LogP contribution in [0.4, 0.5) is 8.78 Å². The van der Waals surface area contributed by atoms with Crippen LogP contribution in [0.15, 0.2) is 18.2 Å². The topological polar surface area (TPSA) is 61.3 Å². The van der Waals surface area contributed by atoms with Crippen molar-refractivity contribution in [2.24, 2.45) is 11.5 Å². The van der Waals surface area contributed by atoms with Gasteiger partial charge in [-0.05, 0) is 30.2 Å². The highest BCUT2D eigenvalue weighted by molar-refractivity contribution is 5.37. The lowest BCUT2D eigenvalue weighted by Crippen LogP contribution is -2.12. The molecule has 0 heterocycles. The molecule has 0 fully saturated rings. The first-order valence-corrected chi connectivity index (χ1v) is 5.04. The second kappa shape index (κ2) is 5.77. The van der Waals surface area contributed by atoms with Crippen molar-refractivity contribution >= 4 is 0 Å². The predicted molar refractivity (Wildman–Crippen MR) is 58.4 cm³/mol. The summed E-state index contributed by atoms with van der Waals surface area (Å²) in [6.07, 6.45) is -2.48.